The number of nitrogens with one attached hydrogen (secondary N) is 2. The summed E-state index contributed by atoms with van der Waals surface area (Å²) in [5.41, 5.74) is 0. The van der Waals surface area contributed by atoms with E-state index in [0.29, 0.717) is 5.92 Å². The Hall–Kier alpha value is -0.850. The Morgan fingerprint density at radius 1 is 1.22 bits per heavy atom. The van der Waals surface area contributed by atoms with Gasteiger partial charge in [-0.2, -0.15) is 0 Å². The molecule has 0 bridgehead atoms. The first-order valence-corrected chi connectivity index (χ1v) is 8.98. The van der Waals surface area contributed by atoms with Crippen LogP contribution in [0.1, 0.15) is 39.5 Å². The molecule has 0 aromatic rings. The van der Waals surface area contributed by atoms with Crippen molar-refractivity contribution in [3.63, 3.8) is 0 Å². The van der Waals surface area contributed by atoms with E-state index in [4.69, 9.17) is 9.84 Å². The van der Waals surface area contributed by atoms with Crippen molar-refractivity contribution < 1.29 is 9.84 Å². The lowest BCUT2D eigenvalue weighted by molar-refractivity contribution is 0.161. The molecule has 0 fully saturated rings. The second-order valence-electron chi connectivity index (χ2n) is 5.96. The Balaban J connectivity index is 4.10. The number of nitrogens with zero attached hydrogens (tertiary/aromatic N) is 2. The second-order valence-corrected chi connectivity index (χ2v) is 5.96. The van der Waals surface area contributed by atoms with Gasteiger partial charge in [-0.1, -0.05) is 13.3 Å². The number of aliphatic hydroxyl groups is 1. The maximum Gasteiger partial charge on any atom is 0.191 e. The molecule has 6 nitrogen and oxygen atoms in total. The van der Waals surface area contributed by atoms with Gasteiger partial charge in [0.2, 0.25) is 0 Å². The molecule has 6 heteroatoms. The summed E-state index contributed by atoms with van der Waals surface area (Å²) in [6.07, 6.45) is 4.16. The van der Waals surface area contributed by atoms with Crippen LogP contribution in [0.4, 0.5) is 0 Å². The zero-order valence-corrected chi connectivity index (χ0v) is 15.6. The molecule has 138 valence electrons. The number of guanidine groups is 1. The van der Waals surface area contributed by atoms with Crippen LogP contribution in [-0.2, 0) is 4.74 Å². The summed E-state index contributed by atoms with van der Waals surface area (Å²) < 4.78 is 5.08. The molecule has 0 heterocycles. The SMILES string of the molecule is CCCC(CCO)CN=C(NCC)NCCCN(C)CCOC. The number of aliphatic imine (C=N–C) groups is 1. The van der Waals surface area contributed by atoms with Crippen molar-refractivity contribution in [1.29, 1.82) is 0 Å². The van der Waals surface area contributed by atoms with Crippen molar-refractivity contribution >= 4 is 5.96 Å². The maximum atomic E-state index is 9.13. The maximum absolute atomic E-state index is 9.13. The molecule has 0 amide bonds. The van der Waals surface area contributed by atoms with Gasteiger partial charge >= 0.3 is 0 Å². The van der Waals surface area contributed by atoms with Gasteiger partial charge in [-0.15, -0.1) is 0 Å². The minimum atomic E-state index is 0.248. The smallest absolute Gasteiger partial charge is 0.191 e. The molecule has 0 radical (unpaired) electrons. The molecule has 0 aliphatic heterocycles. The van der Waals surface area contributed by atoms with Crippen LogP contribution in [0.25, 0.3) is 0 Å². The van der Waals surface area contributed by atoms with Gasteiger partial charge in [0, 0.05) is 39.9 Å². The molecule has 0 saturated heterocycles. The molecular weight excluding hydrogens is 292 g/mol. The molecule has 23 heavy (non-hydrogen) atoms. The van der Waals surface area contributed by atoms with Crippen molar-refractivity contribution in [3.8, 4) is 0 Å². The van der Waals surface area contributed by atoms with E-state index in [1.807, 2.05) is 0 Å². The van der Waals surface area contributed by atoms with Gasteiger partial charge in [0.15, 0.2) is 5.96 Å². The fraction of sp³-hybridized carbons (Fsp3) is 0.941. The number of aliphatic hydroxyl groups excluding tert-OH is 1. The van der Waals surface area contributed by atoms with Crippen LogP contribution < -0.4 is 10.6 Å². The molecule has 3 N–H and O–H groups in total. The Bertz CT molecular complexity index is 282. The van der Waals surface area contributed by atoms with Crippen LogP contribution >= 0.6 is 0 Å². The highest BCUT2D eigenvalue weighted by Gasteiger charge is 2.07. The number of likely N-dealkylation sites (N-methyl/N-ethyl adjacent to an activating group) is 1. The lowest BCUT2D eigenvalue weighted by atomic mass is 10.0. The first-order valence-electron chi connectivity index (χ1n) is 8.98. The summed E-state index contributed by atoms with van der Waals surface area (Å²) >= 11 is 0. The first-order chi connectivity index (χ1) is 11.2. The van der Waals surface area contributed by atoms with Gasteiger partial charge in [0.1, 0.15) is 0 Å². The minimum absolute atomic E-state index is 0.248. The third kappa shape index (κ3) is 13.3. The molecule has 1 unspecified atom stereocenters. The average molecular weight is 331 g/mol. The Kier molecular flexibility index (Phi) is 15.4. The molecular formula is C17H38N4O2. The number of rotatable bonds is 14. The van der Waals surface area contributed by atoms with E-state index in [2.05, 4.69) is 41.4 Å². The van der Waals surface area contributed by atoms with E-state index >= 15 is 0 Å². The third-order valence-electron chi connectivity index (χ3n) is 3.77. The van der Waals surface area contributed by atoms with Crippen LogP contribution in [0.15, 0.2) is 4.99 Å². The van der Waals surface area contributed by atoms with E-state index in [9.17, 15) is 0 Å². The second kappa shape index (κ2) is 16.0. The number of ether oxygens (including phenoxy) is 1. The molecule has 0 aliphatic carbocycles. The van der Waals surface area contributed by atoms with E-state index in [1.165, 1.54) is 0 Å². The number of methoxy groups -OCH3 is 1. The van der Waals surface area contributed by atoms with Gasteiger partial charge in [-0.3, -0.25) is 4.99 Å². The van der Waals surface area contributed by atoms with Crippen LogP contribution in [0.5, 0.6) is 0 Å². The van der Waals surface area contributed by atoms with Gasteiger partial charge in [-0.25, -0.2) is 0 Å². The Labute approximate surface area is 142 Å². The highest BCUT2D eigenvalue weighted by molar-refractivity contribution is 5.79. The number of hydrogen-bond acceptors (Lipinski definition) is 4. The monoisotopic (exact) mass is 330 g/mol. The van der Waals surface area contributed by atoms with Gasteiger partial charge in [-0.05, 0) is 45.7 Å². The Morgan fingerprint density at radius 2 is 2.00 bits per heavy atom. The van der Waals surface area contributed by atoms with Crippen molar-refractivity contribution in [2.45, 2.75) is 39.5 Å². The highest BCUT2D eigenvalue weighted by Crippen LogP contribution is 2.10. The van der Waals surface area contributed by atoms with Crippen molar-refractivity contribution in [2.24, 2.45) is 10.9 Å². The van der Waals surface area contributed by atoms with Crippen LogP contribution in [0.2, 0.25) is 0 Å². The zero-order chi connectivity index (χ0) is 17.3. The molecule has 0 rings (SSSR count). The van der Waals surface area contributed by atoms with Gasteiger partial charge < -0.3 is 25.4 Å². The fourth-order valence-corrected chi connectivity index (χ4v) is 2.39. The lowest BCUT2D eigenvalue weighted by Crippen LogP contribution is -2.39. The summed E-state index contributed by atoms with van der Waals surface area (Å²) in [5, 5.41) is 15.8. The predicted molar refractivity (Wildman–Crippen MR) is 98.1 cm³/mol. The van der Waals surface area contributed by atoms with E-state index in [0.717, 1.165) is 71.0 Å². The molecule has 0 aromatic heterocycles. The first kappa shape index (κ1) is 22.1. The van der Waals surface area contributed by atoms with Gasteiger partial charge in [0.25, 0.3) is 0 Å². The number of hydrogen-bond donors (Lipinski definition) is 3. The quantitative estimate of drug-likeness (QED) is 0.254. The average Bonchev–Trinajstić information content (AvgIpc) is 2.54. The summed E-state index contributed by atoms with van der Waals surface area (Å²) in [7, 11) is 3.85. The lowest BCUT2D eigenvalue weighted by Gasteiger charge is -2.17. The molecule has 0 aliphatic rings. The highest BCUT2D eigenvalue weighted by atomic mass is 16.5. The third-order valence-corrected chi connectivity index (χ3v) is 3.77. The van der Waals surface area contributed by atoms with Crippen LogP contribution in [0, 0.1) is 5.92 Å². The van der Waals surface area contributed by atoms with Crippen molar-refractivity contribution in [3.05, 3.63) is 0 Å². The topological polar surface area (TPSA) is 69.1 Å². The zero-order valence-electron chi connectivity index (χ0n) is 15.6. The standard InChI is InChI=1S/C17H38N4O2/c1-5-8-16(9-13-22)15-20-17(18-6-2)19-10-7-11-21(3)12-14-23-4/h16,22H,5-15H2,1-4H3,(H2,18,19,20). The summed E-state index contributed by atoms with van der Waals surface area (Å²) in [5.74, 6) is 1.35. The summed E-state index contributed by atoms with van der Waals surface area (Å²) in [4.78, 5) is 6.94. The van der Waals surface area contributed by atoms with Crippen molar-refractivity contribution in [1.82, 2.24) is 15.5 Å². The molecule has 0 spiro atoms. The molecule has 1 atom stereocenters. The normalized spacial score (nSPS) is 13.4. The summed E-state index contributed by atoms with van der Waals surface area (Å²) in [6, 6.07) is 0. The fourth-order valence-electron chi connectivity index (χ4n) is 2.39. The predicted octanol–water partition coefficient (Wildman–Crippen LogP) is 1.31. The van der Waals surface area contributed by atoms with Crippen LogP contribution in [-0.4, -0.2) is 76.1 Å². The minimum Gasteiger partial charge on any atom is -0.396 e. The van der Waals surface area contributed by atoms with Crippen molar-refractivity contribution in [2.75, 3.05) is 60.1 Å². The van der Waals surface area contributed by atoms with E-state index in [-0.39, 0.29) is 6.61 Å². The van der Waals surface area contributed by atoms with Crippen LogP contribution in [0.3, 0.4) is 0 Å². The van der Waals surface area contributed by atoms with E-state index in [1.54, 1.807) is 7.11 Å². The van der Waals surface area contributed by atoms with Gasteiger partial charge in [0.05, 0.1) is 6.61 Å². The molecule has 0 saturated carbocycles. The van der Waals surface area contributed by atoms with E-state index < -0.39 is 0 Å². The molecule has 0 aromatic carbocycles. The Morgan fingerprint density at radius 3 is 2.61 bits per heavy atom. The largest absolute Gasteiger partial charge is 0.396 e. The summed E-state index contributed by atoms with van der Waals surface area (Å²) in [6.45, 7) is 9.82.